The van der Waals surface area contributed by atoms with Gasteiger partial charge in [-0.2, -0.15) is 0 Å². The Morgan fingerprint density at radius 2 is 1.46 bits per heavy atom. The molecule has 39 heavy (non-hydrogen) atoms. The van der Waals surface area contributed by atoms with Gasteiger partial charge in [-0.25, -0.2) is 4.79 Å². The molecule has 0 saturated heterocycles. The molecule has 0 radical (unpaired) electrons. The molecule has 0 heterocycles. The SMILES string of the molecule is CCCCCC[C@H](C/C=C\CCCCCCCCOC(=O)c1ccccc1OC(C)=O)OC(=O)CCCCC. The fourth-order valence-electron chi connectivity index (χ4n) is 4.35. The van der Waals surface area contributed by atoms with Crippen LogP contribution < -0.4 is 4.74 Å². The molecule has 0 saturated carbocycles. The summed E-state index contributed by atoms with van der Waals surface area (Å²) >= 11 is 0. The van der Waals surface area contributed by atoms with Gasteiger partial charge in [-0.05, 0) is 50.7 Å². The number of allylic oxidation sites excluding steroid dienone is 1. The third kappa shape index (κ3) is 18.3. The Morgan fingerprint density at radius 3 is 2.21 bits per heavy atom. The second-order valence-corrected chi connectivity index (χ2v) is 10.3. The van der Waals surface area contributed by atoms with Crippen LogP contribution in [0.4, 0.5) is 0 Å². The van der Waals surface area contributed by atoms with E-state index in [2.05, 4.69) is 26.0 Å². The van der Waals surface area contributed by atoms with Crippen molar-refractivity contribution in [2.75, 3.05) is 6.61 Å². The fourth-order valence-corrected chi connectivity index (χ4v) is 4.35. The number of hydrogen-bond donors (Lipinski definition) is 0. The number of carbonyl (C=O) groups excluding carboxylic acids is 3. The molecule has 0 spiro atoms. The van der Waals surface area contributed by atoms with Crippen molar-refractivity contribution in [3.63, 3.8) is 0 Å². The summed E-state index contributed by atoms with van der Waals surface area (Å²) in [5.41, 5.74) is 0.272. The number of esters is 3. The van der Waals surface area contributed by atoms with Gasteiger partial charge in [0.05, 0.1) is 6.61 Å². The van der Waals surface area contributed by atoms with Gasteiger partial charge in [0.15, 0.2) is 0 Å². The summed E-state index contributed by atoms with van der Waals surface area (Å²) in [5, 5.41) is 0. The Labute approximate surface area is 236 Å². The standard InChI is InChI=1S/C33H52O6/c1-4-6-8-17-22-29(39-32(35)26-16-7-5-2)23-18-14-12-10-9-11-13-15-21-27-37-33(36)30-24-19-20-25-31(30)38-28(3)34/h14,18-20,24-25,29H,4-13,15-17,21-23,26-27H2,1-3H3/b18-14-/t29-/m1/s1. The Kier molecular flexibility index (Phi) is 20.5. The maximum atomic E-state index is 12.3. The molecule has 1 aromatic rings. The zero-order valence-corrected chi connectivity index (χ0v) is 24.7. The van der Waals surface area contributed by atoms with E-state index >= 15 is 0 Å². The predicted octanol–water partition coefficient (Wildman–Crippen LogP) is 8.91. The van der Waals surface area contributed by atoms with E-state index in [4.69, 9.17) is 14.2 Å². The van der Waals surface area contributed by atoms with Crippen molar-refractivity contribution in [2.45, 2.75) is 136 Å². The maximum absolute atomic E-state index is 12.3. The van der Waals surface area contributed by atoms with Crippen LogP contribution in [0.2, 0.25) is 0 Å². The van der Waals surface area contributed by atoms with E-state index in [9.17, 15) is 14.4 Å². The van der Waals surface area contributed by atoms with Crippen LogP contribution >= 0.6 is 0 Å². The van der Waals surface area contributed by atoms with Gasteiger partial charge in [-0.1, -0.05) is 95.9 Å². The van der Waals surface area contributed by atoms with Crippen LogP contribution in [0.1, 0.15) is 140 Å². The van der Waals surface area contributed by atoms with E-state index < -0.39 is 11.9 Å². The molecule has 1 atom stereocenters. The molecule has 0 unspecified atom stereocenters. The van der Waals surface area contributed by atoms with Gasteiger partial charge >= 0.3 is 17.9 Å². The molecule has 1 rings (SSSR count). The van der Waals surface area contributed by atoms with E-state index in [0.29, 0.717) is 13.0 Å². The van der Waals surface area contributed by atoms with Crippen molar-refractivity contribution in [2.24, 2.45) is 0 Å². The molecular weight excluding hydrogens is 492 g/mol. The largest absolute Gasteiger partial charge is 0.462 e. The van der Waals surface area contributed by atoms with Crippen molar-refractivity contribution >= 4 is 17.9 Å². The number of carbonyl (C=O) groups is 3. The molecule has 0 aromatic heterocycles. The number of benzene rings is 1. The first-order valence-corrected chi connectivity index (χ1v) is 15.3. The van der Waals surface area contributed by atoms with Gasteiger partial charge in [-0.3, -0.25) is 9.59 Å². The molecule has 1 aromatic carbocycles. The molecule has 0 amide bonds. The fraction of sp³-hybridized carbons (Fsp3) is 0.667. The van der Waals surface area contributed by atoms with Crippen LogP contribution in [-0.2, 0) is 19.1 Å². The van der Waals surface area contributed by atoms with Crippen LogP contribution in [0.5, 0.6) is 5.75 Å². The normalized spacial score (nSPS) is 11.9. The van der Waals surface area contributed by atoms with Gasteiger partial charge < -0.3 is 14.2 Å². The molecule has 0 fully saturated rings. The summed E-state index contributed by atoms with van der Waals surface area (Å²) in [6, 6.07) is 6.62. The van der Waals surface area contributed by atoms with Crippen LogP contribution in [-0.4, -0.2) is 30.6 Å². The molecule has 0 N–H and O–H groups in total. The highest BCUT2D eigenvalue weighted by atomic mass is 16.6. The summed E-state index contributed by atoms with van der Waals surface area (Å²) in [4.78, 5) is 35.7. The van der Waals surface area contributed by atoms with Crippen molar-refractivity contribution in [1.82, 2.24) is 0 Å². The molecule has 220 valence electrons. The minimum Gasteiger partial charge on any atom is -0.462 e. The lowest BCUT2D eigenvalue weighted by Gasteiger charge is -2.16. The van der Waals surface area contributed by atoms with E-state index in [0.717, 1.165) is 77.0 Å². The summed E-state index contributed by atoms with van der Waals surface area (Å²) in [5.74, 6) is -0.742. The maximum Gasteiger partial charge on any atom is 0.341 e. The van der Waals surface area contributed by atoms with Gasteiger partial charge in [0.1, 0.15) is 17.4 Å². The molecule has 6 heteroatoms. The molecule has 6 nitrogen and oxygen atoms in total. The third-order valence-electron chi connectivity index (χ3n) is 6.59. The van der Waals surface area contributed by atoms with Gasteiger partial charge in [0.2, 0.25) is 0 Å². The molecule has 0 aliphatic rings. The van der Waals surface area contributed by atoms with Gasteiger partial charge in [-0.15, -0.1) is 0 Å². The number of para-hydroxylation sites is 1. The summed E-state index contributed by atoms with van der Waals surface area (Å²) < 4.78 is 16.2. The van der Waals surface area contributed by atoms with Crippen LogP contribution in [0.25, 0.3) is 0 Å². The van der Waals surface area contributed by atoms with Crippen molar-refractivity contribution in [3.05, 3.63) is 42.0 Å². The van der Waals surface area contributed by atoms with Gasteiger partial charge in [0.25, 0.3) is 0 Å². The predicted molar refractivity (Wildman–Crippen MR) is 157 cm³/mol. The second-order valence-electron chi connectivity index (χ2n) is 10.3. The van der Waals surface area contributed by atoms with Crippen molar-refractivity contribution < 1.29 is 28.6 Å². The summed E-state index contributed by atoms with van der Waals surface area (Å²) in [7, 11) is 0. The Bertz CT molecular complexity index is 831. The van der Waals surface area contributed by atoms with E-state index in [-0.39, 0.29) is 23.4 Å². The smallest absolute Gasteiger partial charge is 0.341 e. The first-order valence-electron chi connectivity index (χ1n) is 15.3. The number of rotatable bonds is 23. The van der Waals surface area contributed by atoms with E-state index in [1.807, 2.05) is 0 Å². The van der Waals surface area contributed by atoms with Crippen molar-refractivity contribution in [3.8, 4) is 5.75 Å². The second kappa shape index (κ2) is 23.3. The average Bonchev–Trinajstić information content (AvgIpc) is 2.91. The molecule has 0 bridgehead atoms. The Hall–Kier alpha value is -2.63. The minimum absolute atomic E-state index is 0.0106. The zero-order chi connectivity index (χ0) is 28.6. The Morgan fingerprint density at radius 1 is 0.795 bits per heavy atom. The first kappa shape index (κ1) is 34.4. The molecule has 0 aliphatic heterocycles. The highest BCUT2D eigenvalue weighted by molar-refractivity contribution is 5.93. The monoisotopic (exact) mass is 544 g/mol. The first-order chi connectivity index (χ1) is 19.0. The highest BCUT2D eigenvalue weighted by Crippen LogP contribution is 2.20. The lowest BCUT2D eigenvalue weighted by atomic mass is 10.1. The van der Waals surface area contributed by atoms with Crippen LogP contribution in [0.15, 0.2) is 36.4 Å². The lowest BCUT2D eigenvalue weighted by Crippen LogP contribution is -2.17. The van der Waals surface area contributed by atoms with E-state index in [1.165, 1.54) is 32.6 Å². The van der Waals surface area contributed by atoms with Gasteiger partial charge in [0, 0.05) is 19.8 Å². The number of unbranched alkanes of at least 4 members (excludes halogenated alkanes) is 11. The van der Waals surface area contributed by atoms with Crippen LogP contribution in [0, 0.1) is 0 Å². The third-order valence-corrected chi connectivity index (χ3v) is 6.59. The summed E-state index contributed by atoms with van der Waals surface area (Å²) in [6.45, 7) is 6.02. The topological polar surface area (TPSA) is 78.9 Å². The number of ether oxygens (including phenoxy) is 3. The van der Waals surface area contributed by atoms with Crippen LogP contribution in [0.3, 0.4) is 0 Å². The van der Waals surface area contributed by atoms with Crippen molar-refractivity contribution in [1.29, 1.82) is 0 Å². The Balaban J connectivity index is 2.16. The quantitative estimate of drug-likeness (QED) is 0.0592. The summed E-state index contributed by atoms with van der Waals surface area (Å²) in [6.07, 6.45) is 22.1. The average molecular weight is 545 g/mol. The zero-order valence-electron chi connectivity index (χ0n) is 24.7. The minimum atomic E-state index is -0.466. The molecule has 0 aliphatic carbocycles. The lowest BCUT2D eigenvalue weighted by molar-refractivity contribution is -0.149. The number of hydrogen-bond acceptors (Lipinski definition) is 6. The van der Waals surface area contributed by atoms with E-state index in [1.54, 1.807) is 24.3 Å². The highest BCUT2D eigenvalue weighted by Gasteiger charge is 2.15. The molecular formula is C33H52O6.